The smallest absolute Gasteiger partial charge is 0.331 e. The van der Waals surface area contributed by atoms with Crippen molar-refractivity contribution in [3.05, 3.63) is 11.6 Å². The largest absolute Gasteiger partial charge is 0.478 e. The van der Waals surface area contributed by atoms with Crippen LogP contribution in [0.2, 0.25) is 0 Å². The number of ether oxygens (including phenoxy) is 1. The van der Waals surface area contributed by atoms with Gasteiger partial charge in [0.05, 0.1) is 24.3 Å². The van der Waals surface area contributed by atoms with Crippen LogP contribution in [0.4, 0.5) is 4.79 Å². The molecule has 9 heteroatoms. The van der Waals surface area contributed by atoms with Crippen LogP contribution >= 0.6 is 0 Å². The molecule has 0 aliphatic heterocycles. The molecule has 0 saturated carbocycles. The molecule has 24 heavy (non-hydrogen) atoms. The van der Waals surface area contributed by atoms with E-state index in [0.717, 1.165) is 12.8 Å². The van der Waals surface area contributed by atoms with Crippen molar-refractivity contribution >= 4 is 17.9 Å². The summed E-state index contributed by atoms with van der Waals surface area (Å²) >= 11 is 0. The van der Waals surface area contributed by atoms with E-state index in [-0.39, 0.29) is 24.0 Å². The van der Waals surface area contributed by atoms with E-state index in [1.165, 1.54) is 13.0 Å². The molecule has 1 rings (SSSR count). The number of nitrogens with one attached hydrogen (secondary N) is 3. The molecule has 0 aromatic rings. The minimum atomic E-state index is -1.09. The van der Waals surface area contributed by atoms with E-state index in [2.05, 4.69) is 10.6 Å². The van der Waals surface area contributed by atoms with Crippen molar-refractivity contribution in [3.8, 4) is 0 Å². The molecule has 0 fully saturated rings. The van der Waals surface area contributed by atoms with Crippen LogP contribution in [0, 0.1) is 0 Å². The molecule has 1 aliphatic carbocycles. The first-order valence-corrected chi connectivity index (χ1v) is 7.95. The van der Waals surface area contributed by atoms with Gasteiger partial charge in [0.25, 0.3) is 0 Å². The molecule has 0 unspecified atom stereocenters. The Balaban J connectivity index is 3.13. The summed E-state index contributed by atoms with van der Waals surface area (Å²) in [6.45, 7) is 5.28. The number of urea groups is 1. The fourth-order valence-electron chi connectivity index (χ4n) is 2.72. The highest BCUT2D eigenvalue weighted by Gasteiger charge is 2.38. The van der Waals surface area contributed by atoms with Gasteiger partial charge in [-0.25, -0.2) is 15.4 Å². The first-order valence-electron chi connectivity index (χ1n) is 7.95. The number of carboxylic acid groups (broad SMARTS) is 1. The molecule has 6 N–H and O–H groups in total. The van der Waals surface area contributed by atoms with Crippen LogP contribution in [0.15, 0.2) is 11.6 Å². The van der Waals surface area contributed by atoms with Crippen LogP contribution in [-0.4, -0.2) is 47.3 Å². The number of hydrazine groups is 1. The highest BCUT2D eigenvalue weighted by Crippen LogP contribution is 2.24. The Hall–Kier alpha value is -2.13. The normalized spacial score (nSPS) is 23.4. The number of carboxylic acids is 1. The highest BCUT2D eigenvalue weighted by molar-refractivity contribution is 5.87. The van der Waals surface area contributed by atoms with Crippen molar-refractivity contribution in [3.63, 3.8) is 0 Å². The second-order valence-corrected chi connectivity index (χ2v) is 5.69. The molecule has 9 nitrogen and oxygen atoms in total. The lowest BCUT2D eigenvalue weighted by atomic mass is 9.87. The quantitative estimate of drug-likeness (QED) is 0.251. The molecule has 0 bridgehead atoms. The molecule has 0 spiro atoms. The zero-order chi connectivity index (χ0) is 18.3. The maximum absolute atomic E-state index is 11.6. The molecule has 3 atom stereocenters. The number of carbonyl (C=O) groups is 3. The molecule has 0 radical (unpaired) electrons. The monoisotopic (exact) mass is 342 g/mol. The van der Waals surface area contributed by atoms with E-state index in [1.54, 1.807) is 0 Å². The van der Waals surface area contributed by atoms with Crippen molar-refractivity contribution < 1.29 is 24.2 Å². The van der Waals surface area contributed by atoms with Gasteiger partial charge in [0.15, 0.2) is 0 Å². The summed E-state index contributed by atoms with van der Waals surface area (Å²) in [5.41, 5.74) is 2.06. The van der Waals surface area contributed by atoms with E-state index in [1.807, 2.05) is 19.3 Å². The second kappa shape index (κ2) is 9.24. The third-order valence-corrected chi connectivity index (χ3v) is 3.95. The summed E-state index contributed by atoms with van der Waals surface area (Å²) in [4.78, 5) is 34.5. The third-order valence-electron chi connectivity index (χ3n) is 3.95. The Kier molecular flexibility index (Phi) is 7.66. The van der Waals surface area contributed by atoms with E-state index in [0.29, 0.717) is 0 Å². The Bertz CT molecular complexity index is 504. The summed E-state index contributed by atoms with van der Waals surface area (Å²) in [5.74, 6) is 3.69. The number of hydrogen-bond donors (Lipinski definition) is 5. The van der Waals surface area contributed by atoms with Crippen LogP contribution in [0.25, 0.3) is 0 Å². The Morgan fingerprint density at radius 2 is 1.96 bits per heavy atom. The maximum atomic E-state index is 11.6. The van der Waals surface area contributed by atoms with Crippen molar-refractivity contribution in [2.24, 2.45) is 5.84 Å². The van der Waals surface area contributed by atoms with Gasteiger partial charge in [-0.05, 0) is 18.9 Å². The van der Waals surface area contributed by atoms with Gasteiger partial charge in [-0.1, -0.05) is 13.8 Å². The van der Waals surface area contributed by atoms with Crippen molar-refractivity contribution in [1.29, 1.82) is 0 Å². The van der Waals surface area contributed by atoms with E-state index in [9.17, 15) is 19.5 Å². The fourth-order valence-corrected chi connectivity index (χ4v) is 2.72. The third kappa shape index (κ3) is 5.50. The van der Waals surface area contributed by atoms with Crippen LogP contribution < -0.4 is 21.9 Å². The van der Waals surface area contributed by atoms with Crippen LogP contribution in [-0.2, 0) is 14.3 Å². The number of hydrogen-bond acceptors (Lipinski definition) is 5. The number of carbonyl (C=O) groups excluding carboxylic acids is 2. The molecule has 1 aliphatic rings. The number of nitrogens with two attached hydrogens (primary N) is 1. The van der Waals surface area contributed by atoms with Gasteiger partial charge in [-0.2, -0.15) is 0 Å². The van der Waals surface area contributed by atoms with E-state index in [4.69, 9.17) is 10.6 Å². The first-order chi connectivity index (χ1) is 11.3. The standard InChI is InChI=1S/C15H26N4O5/c1-4-10(5-2)24-12-7-9(14(21)22)6-11(18-15(23)19-16)13(12)17-8(3)20/h7,10-13H,4-6,16H2,1-3H3,(H,17,20)(H,21,22)(H2,18,19,23)/t11-,12+,13+/m0/s1. The number of amides is 3. The van der Waals surface area contributed by atoms with Crippen LogP contribution in [0.1, 0.15) is 40.0 Å². The first kappa shape index (κ1) is 19.9. The summed E-state index contributed by atoms with van der Waals surface area (Å²) in [6, 6.07) is -1.92. The van der Waals surface area contributed by atoms with Crippen LogP contribution in [0.5, 0.6) is 0 Å². The molecular weight excluding hydrogens is 316 g/mol. The second-order valence-electron chi connectivity index (χ2n) is 5.69. The van der Waals surface area contributed by atoms with Crippen LogP contribution in [0.3, 0.4) is 0 Å². The van der Waals surface area contributed by atoms with E-state index >= 15 is 0 Å². The zero-order valence-corrected chi connectivity index (χ0v) is 14.2. The molecule has 136 valence electrons. The molecular formula is C15H26N4O5. The predicted molar refractivity (Wildman–Crippen MR) is 86.8 cm³/mol. The minimum absolute atomic E-state index is 0.0521. The summed E-state index contributed by atoms with van der Waals surface area (Å²) in [7, 11) is 0. The molecule has 3 amide bonds. The Morgan fingerprint density at radius 3 is 2.42 bits per heavy atom. The number of rotatable bonds is 7. The van der Waals surface area contributed by atoms with Crippen molar-refractivity contribution in [2.75, 3.05) is 0 Å². The lowest BCUT2D eigenvalue weighted by molar-refractivity contribution is -0.133. The highest BCUT2D eigenvalue weighted by atomic mass is 16.5. The van der Waals surface area contributed by atoms with Gasteiger partial charge < -0.3 is 20.5 Å². The molecule has 0 aromatic heterocycles. The van der Waals surface area contributed by atoms with Crippen molar-refractivity contribution in [1.82, 2.24) is 16.1 Å². The average molecular weight is 342 g/mol. The lowest BCUT2D eigenvalue weighted by Gasteiger charge is -2.38. The summed E-state index contributed by atoms with van der Waals surface area (Å²) in [5, 5.41) is 14.6. The minimum Gasteiger partial charge on any atom is -0.478 e. The topological polar surface area (TPSA) is 143 Å². The van der Waals surface area contributed by atoms with Gasteiger partial charge >= 0.3 is 12.0 Å². The zero-order valence-electron chi connectivity index (χ0n) is 14.2. The lowest BCUT2D eigenvalue weighted by Crippen LogP contribution is -2.61. The van der Waals surface area contributed by atoms with Gasteiger partial charge in [-0.15, -0.1) is 0 Å². The fraction of sp³-hybridized carbons (Fsp3) is 0.667. The Labute approximate surface area is 141 Å². The number of aliphatic carboxylic acids is 1. The van der Waals surface area contributed by atoms with Crippen molar-refractivity contribution in [2.45, 2.75) is 64.3 Å². The maximum Gasteiger partial charge on any atom is 0.331 e. The van der Waals surface area contributed by atoms with Gasteiger partial charge in [0, 0.05) is 18.9 Å². The molecule has 0 heterocycles. The van der Waals surface area contributed by atoms with Gasteiger partial charge in [0.1, 0.15) is 0 Å². The van der Waals surface area contributed by atoms with Gasteiger partial charge in [-0.3, -0.25) is 10.2 Å². The van der Waals surface area contributed by atoms with Gasteiger partial charge in [0.2, 0.25) is 5.91 Å². The SMILES string of the molecule is CCC(CC)O[C@@H]1C=C(C(=O)O)C[C@H](NC(=O)NN)[C@H]1NC(C)=O. The molecule has 0 saturated heterocycles. The summed E-state index contributed by atoms with van der Waals surface area (Å²) < 4.78 is 5.97. The summed E-state index contributed by atoms with van der Waals surface area (Å²) in [6.07, 6.45) is 2.30. The Morgan fingerprint density at radius 1 is 1.33 bits per heavy atom. The predicted octanol–water partition coefficient (Wildman–Crippen LogP) is 0.0211. The van der Waals surface area contributed by atoms with E-state index < -0.39 is 30.2 Å². The average Bonchev–Trinajstić information content (AvgIpc) is 2.53. The molecule has 0 aromatic carbocycles.